The summed E-state index contributed by atoms with van der Waals surface area (Å²) in [4.78, 5) is 0. The molecule has 1 heteroatoms. The van der Waals surface area contributed by atoms with Crippen molar-refractivity contribution in [3.8, 4) is 44.5 Å². The molecule has 1 heterocycles. The van der Waals surface area contributed by atoms with Crippen molar-refractivity contribution in [2.24, 2.45) is 0 Å². The summed E-state index contributed by atoms with van der Waals surface area (Å²) in [5.41, 5.74) is 5.47. The maximum Gasteiger partial charge on any atom is 0.143 e. The largest absolute Gasteiger partial charge is 0.455 e. The van der Waals surface area contributed by atoms with Gasteiger partial charge in [-0.25, -0.2) is 0 Å². The van der Waals surface area contributed by atoms with Crippen LogP contribution in [0, 0.1) is 0 Å². The Morgan fingerprint density at radius 3 is 1.82 bits per heavy atom. The molecular formula is C48H30O. The molecular weight excluding hydrogens is 593 g/mol. The van der Waals surface area contributed by atoms with Crippen molar-refractivity contribution in [1.29, 1.82) is 0 Å². The van der Waals surface area contributed by atoms with Gasteiger partial charge in [0.25, 0.3) is 0 Å². The predicted octanol–water partition coefficient (Wildman–Crippen LogP) is 13.7. The first-order valence-electron chi connectivity index (χ1n) is 20.6. The minimum absolute atomic E-state index is 0.0371. The maximum absolute atomic E-state index is 9.59. The summed E-state index contributed by atoms with van der Waals surface area (Å²) in [6.07, 6.45) is 0. The van der Waals surface area contributed by atoms with Gasteiger partial charge >= 0.3 is 0 Å². The quantitative estimate of drug-likeness (QED) is 0.176. The van der Waals surface area contributed by atoms with Crippen LogP contribution < -0.4 is 0 Å². The van der Waals surface area contributed by atoms with Gasteiger partial charge in [0.05, 0.1) is 12.3 Å². The normalized spacial score (nSPS) is 14.2. The summed E-state index contributed by atoms with van der Waals surface area (Å²) in [6.45, 7) is 0. The molecule has 1 nitrogen and oxygen atoms in total. The number of rotatable bonds is 4. The maximum atomic E-state index is 9.59. The van der Waals surface area contributed by atoms with Crippen molar-refractivity contribution in [1.82, 2.24) is 0 Å². The Morgan fingerprint density at radius 1 is 0.408 bits per heavy atom. The summed E-state index contributed by atoms with van der Waals surface area (Å²) in [5, 5.41) is 6.95. The van der Waals surface area contributed by atoms with Crippen molar-refractivity contribution in [2.75, 3.05) is 0 Å². The Labute approximate surface area is 297 Å². The van der Waals surface area contributed by atoms with Gasteiger partial charge in [-0.05, 0) is 102 Å². The van der Waals surface area contributed by atoms with E-state index in [1.807, 2.05) is 78.9 Å². The molecule has 0 radical (unpaired) electrons. The molecule has 0 bridgehead atoms. The molecule has 0 fully saturated rings. The van der Waals surface area contributed by atoms with E-state index in [1.54, 1.807) is 0 Å². The molecule has 10 aromatic rings. The summed E-state index contributed by atoms with van der Waals surface area (Å²) >= 11 is 0. The predicted molar refractivity (Wildman–Crippen MR) is 208 cm³/mol. The minimum Gasteiger partial charge on any atom is -0.455 e. The van der Waals surface area contributed by atoms with E-state index < -0.39 is 42.3 Å². The molecule has 0 atom stereocenters. The van der Waals surface area contributed by atoms with Crippen molar-refractivity contribution in [2.45, 2.75) is 0 Å². The van der Waals surface area contributed by atoms with Crippen LogP contribution in [0.4, 0.5) is 0 Å². The van der Waals surface area contributed by atoms with Gasteiger partial charge in [-0.2, -0.15) is 0 Å². The highest BCUT2D eigenvalue weighted by Crippen LogP contribution is 2.48. The van der Waals surface area contributed by atoms with Crippen LogP contribution >= 0.6 is 0 Å². The van der Waals surface area contributed by atoms with E-state index in [2.05, 4.69) is 48.5 Å². The summed E-state index contributed by atoms with van der Waals surface area (Å²) in [6, 6.07) is 37.6. The highest BCUT2D eigenvalue weighted by molar-refractivity contribution is 6.27. The molecule has 0 saturated carbocycles. The van der Waals surface area contributed by atoms with Crippen LogP contribution in [0.2, 0.25) is 0 Å². The zero-order valence-electron chi connectivity index (χ0n) is 35.0. The molecule has 1 aromatic heterocycles. The fourth-order valence-electron chi connectivity index (χ4n) is 7.29. The Balaban J connectivity index is 1.27. The summed E-state index contributed by atoms with van der Waals surface area (Å²) in [7, 11) is 0. The van der Waals surface area contributed by atoms with Gasteiger partial charge in [-0.15, -0.1) is 0 Å². The number of furan rings is 1. The van der Waals surface area contributed by atoms with E-state index in [1.165, 1.54) is 0 Å². The molecule has 9 aromatic carbocycles. The average Bonchev–Trinajstić information content (AvgIpc) is 3.65. The van der Waals surface area contributed by atoms with E-state index >= 15 is 0 Å². The van der Waals surface area contributed by atoms with Gasteiger partial charge in [0.1, 0.15) is 11.2 Å². The van der Waals surface area contributed by atoms with Crippen molar-refractivity contribution < 1.29 is 16.8 Å². The molecule has 49 heavy (non-hydrogen) atoms. The lowest BCUT2D eigenvalue weighted by Crippen LogP contribution is -1.91. The molecule has 0 aliphatic heterocycles. The number of benzene rings is 9. The fraction of sp³-hybridized carbons (Fsp3) is 0. The van der Waals surface area contributed by atoms with Gasteiger partial charge in [-0.3, -0.25) is 0 Å². The van der Waals surface area contributed by atoms with Crippen molar-refractivity contribution in [3.63, 3.8) is 0 Å². The first kappa shape index (κ1) is 20.0. The van der Waals surface area contributed by atoms with Crippen LogP contribution in [0.3, 0.4) is 0 Å². The minimum atomic E-state index is -0.607. The smallest absolute Gasteiger partial charge is 0.143 e. The zero-order chi connectivity index (χ0) is 40.1. The van der Waals surface area contributed by atoms with Gasteiger partial charge in [0.2, 0.25) is 0 Å². The molecule has 0 saturated heterocycles. The average molecular weight is 632 g/mol. The number of fused-ring (bicyclic) bond motifs is 7. The van der Waals surface area contributed by atoms with E-state index in [4.69, 9.17) is 14.0 Å². The lowest BCUT2D eigenvalue weighted by Gasteiger charge is -2.18. The van der Waals surface area contributed by atoms with Gasteiger partial charge in [0, 0.05) is 16.2 Å². The highest BCUT2D eigenvalue weighted by atomic mass is 16.3. The van der Waals surface area contributed by atoms with Crippen molar-refractivity contribution >= 4 is 54.3 Å². The Kier molecular flexibility index (Phi) is 4.53. The number of hydrogen-bond acceptors (Lipinski definition) is 1. The Morgan fingerprint density at radius 2 is 1.06 bits per heavy atom. The lowest BCUT2D eigenvalue weighted by atomic mass is 9.84. The lowest BCUT2D eigenvalue weighted by molar-refractivity contribution is 0.673. The van der Waals surface area contributed by atoms with Crippen LogP contribution in [0.1, 0.15) is 12.3 Å². The highest BCUT2D eigenvalue weighted by Gasteiger charge is 2.21. The van der Waals surface area contributed by atoms with Crippen LogP contribution in [0.5, 0.6) is 0 Å². The molecule has 0 aliphatic carbocycles. The molecule has 0 aliphatic rings. The standard InChI is InChI=1S/C48H30O/c1-3-13-31(14-4-1)33-17-11-18-36(30-33)45-38-19-7-9-21-40(38)46(41-22-10-8-20-39(41)45)42-23-12-24-44-47(42)43-28-26-35-29-34(32-15-5-2-6-16-32)25-27-37(35)48(43)49-44/h1-30H/i1D,3D,4D,11D,13D,14D,17D,18D,30D. The van der Waals surface area contributed by atoms with Gasteiger partial charge in [0.15, 0.2) is 0 Å². The van der Waals surface area contributed by atoms with Crippen LogP contribution in [-0.2, 0) is 0 Å². The second kappa shape index (κ2) is 11.1. The summed E-state index contributed by atoms with van der Waals surface area (Å²) < 4.78 is 85.5. The van der Waals surface area contributed by atoms with E-state index in [-0.39, 0.29) is 28.8 Å². The molecule has 228 valence electrons. The Hall–Kier alpha value is -6.44. The molecule has 0 N–H and O–H groups in total. The van der Waals surface area contributed by atoms with E-state index in [0.29, 0.717) is 16.3 Å². The van der Waals surface area contributed by atoms with Crippen LogP contribution in [0.25, 0.3) is 98.8 Å². The molecule has 0 amide bonds. The topological polar surface area (TPSA) is 13.1 Å². The molecule has 0 spiro atoms. The zero-order valence-corrected chi connectivity index (χ0v) is 26.0. The van der Waals surface area contributed by atoms with E-state index in [0.717, 1.165) is 65.7 Å². The first-order valence-corrected chi connectivity index (χ1v) is 16.1. The van der Waals surface area contributed by atoms with Gasteiger partial charge in [-0.1, -0.05) is 151 Å². The third-order valence-electron chi connectivity index (χ3n) is 9.41. The SMILES string of the molecule is [2H]c1c([2H])c([2H])c(-c2c([2H])c([2H])c([2H])c(-c3c4ccccc4c(-c4cccc5oc6c7ccc(-c8ccccc8)cc7ccc6c45)c4ccccc34)c2[2H])c([2H])c1[2H]. The molecule has 10 rings (SSSR count). The Bertz CT molecular complexity index is 3300. The second-order valence-electron chi connectivity index (χ2n) is 12.1. The fourth-order valence-corrected chi connectivity index (χ4v) is 7.29. The monoisotopic (exact) mass is 631 g/mol. The number of hydrogen-bond donors (Lipinski definition) is 0. The van der Waals surface area contributed by atoms with Crippen LogP contribution in [-0.4, -0.2) is 0 Å². The van der Waals surface area contributed by atoms with E-state index in [9.17, 15) is 2.74 Å². The molecule has 0 unspecified atom stereocenters. The van der Waals surface area contributed by atoms with Crippen LogP contribution in [0.15, 0.2) is 186 Å². The van der Waals surface area contributed by atoms with Gasteiger partial charge < -0.3 is 4.42 Å². The van der Waals surface area contributed by atoms with Crippen molar-refractivity contribution in [3.05, 3.63) is 182 Å². The third kappa shape index (κ3) is 4.40. The first-order chi connectivity index (χ1) is 28.1. The summed E-state index contributed by atoms with van der Waals surface area (Å²) in [5.74, 6) is 0. The third-order valence-corrected chi connectivity index (χ3v) is 9.41. The second-order valence-corrected chi connectivity index (χ2v) is 12.1.